The molecule has 0 saturated heterocycles. The van der Waals surface area contributed by atoms with E-state index in [2.05, 4.69) is 23.3 Å². The van der Waals surface area contributed by atoms with E-state index >= 15 is 0 Å². The third kappa shape index (κ3) is 2.40. The minimum atomic E-state index is 0.172. The van der Waals surface area contributed by atoms with Gasteiger partial charge in [0, 0.05) is 18.3 Å². The van der Waals surface area contributed by atoms with Crippen LogP contribution in [0.25, 0.3) is 0 Å². The first-order valence-corrected chi connectivity index (χ1v) is 5.88. The van der Waals surface area contributed by atoms with Gasteiger partial charge in [0.2, 0.25) is 0 Å². The van der Waals surface area contributed by atoms with E-state index in [0.29, 0.717) is 6.04 Å². The molecular formula is C13H17N3. The van der Waals surface area contributed by atoms with Crippen LogP contribution < -0.4 is 5.32 Å². The Morgan fingerprint density at radius 2 is 2.38 bits per heavy atom. The van der Waals surface area contributed by atoms with Crippen molar-refractivity contribution in [2.24, 2.45) is 5.92 Å². The van der Waals surface area contributed by atoms with Gasteiger partial charge in [0.25, 0.3) is 0 Å². The highest BCUT2D eigenvalue weighted by Crippen LogP contribution is 2.26. The van der Waals surface area contributed by atoms with Gasteiger partial charge >= 0.3 is 0 Å². The monoisotopic (exact) mass is 215 g/mol. The number of rotatable bonds is 3. The van der Waals surface area contributed by atoms with E-state index < -0.39 is 0 Å². The summed E-state index contributed by atoms with van der Waals surface area (Å²) in [6, 6.07) is 8.88. The van der Waals surface area contributed by atoms with Crippen molar-refractivity contribution in [1.29, 1.82) is 5.26 Å². The molecule has 1 N–H and O–H groups in total. The van der Waals surface area contributed by atoms with Crippen molar-refractivity contribution in [3.05, 3.63) is 30.1 Å². The van der Waals surface area contributed by atoms with Gasteiger partial charge in [-0.2, -0.15) is 5.26 Å². The lowest BCUT2D eigenvalue weighted by molar-refractivity contribution is 0.413. The van der Waals surface area contributed by atoms with Crippen LogP contribution >= 0.6 is 0 Å². The second-order valence-corrected chi connectivity index (χ2v) is 4.42. The molecule has 0 aromatic carbocycles. The first kappa shape index (κ1) is 11.1. The SMILES string of the molecule is CC(NC1CCCC1C#N)c1ccccn1. The van der Waals surface area contributed by atoms with E-state index in [-0.39, 0.29) is 12.0 Å². The van der Waals surface area contributed by atoms with Gasteiger partial charge in [-0.3, -0.25) is 4.98 Å². The smallest absolute Gasteiger partial charge is 0.0672 e. The van der Waals surface area contributed by atoms with Crippen molar-refractivity contribution in [3.63, 3.8) is 0 Å². The molecule has 0 spiro atoms. The highest BCUT2D eigenvalue weighted by Gasteiger charge is 2.28. The second-order valence-electron chi connectivity index (χ2n) is 4.42. The number of pyridine rings is 1. The molecule has 1 saturated carbocycles. The lowest BCUT2D eigenvalue weighted by Crippen LogP contribution is -2.34. The molecule has 16 heavy (non-hydrogen) atoms. The number of nitrogens with one attached hydrogen (secondary N) is 1. The molecule has 3 heteroatoms. The van der Waals surface area contributed by atoms with Crippen molar-refractivity contribution in [3.8, 4) is 6.07 Å². The second kappa shape index (κ2) is 5.09. The summed E-state index contributed by atoms with van der Waals surface area (Å²) < 4.78 is 0. The molecule has 2 rings (SSSR count). The molecule has 3 unspecified atom stereocenters. The predicted molar refractivity (Wildman–Crippen MR) is 62.5 cm³/mol. The first-order chi connectivity index (χ1) is 7.81. The fourth-order valence-electron chi connectivity index (χ4n) is 2.35. The zero-order valence-corrected chi connectivity index (χ0v) is 9.56. The normalized spacial score (nSPS) is 26.2. The number of hydrogen-bond acceptors (Lipinski definition) is 3. The Balaban J connectivity index is 1.98. The van der Waals surface area contributed by atoms with E-state index in [1.807, 2.05) is 24.4 Å². The summed E-state index contributed by atoms with van der Waals surface area (Å²) in [4.78, 5) is 4.33. The zero-order chi connectivity index (χ0) is 11.4. The zero-order valence-electron chi connectivity index (χ0n) is 9.56. The number of hydrogen-bond donors (Lipinski definition) is 1. The molecule has 0 amide bonds. The van der Waals surface area contributed by atoms with E-state index in [0.717, 1.165) is 25.0 Å². The molecule has 3 atom stereocenters. The van der Waals surface area contributed by atoms with Crippen LogP contribution in [0.4, 0.5) is 0 Å². The van der Waals surface area contributed by atoms with Gasteiger partial charge in [-0.25, -0.2) is 0 Å². The van der Waals surface area contributed by atoms with Crippen LogP contribution in [-0.2, 0) is 0 Å². The molecule has 1 aliphatic rings. The van der Waals surface area contributed by atoms with E-state index in [1.165, 1.54) is 0 Å². The molecule has 0 aliphatic heterocycles. The molecule has 1 aliphatic carbocycles. The Labute approximate surface area is 96.5 Å². The average molecular weight is 215 g/mol. The van der Waals surface area contributed by atoms with Gasteiger partial charge in [0.15, 0.2) is 0 Å². The van der Waals surface area contributed by atoms with Gasteiger partial charge in [0.1, 0.15) is 0 Å². The van der Waals surface area contributed by atoms with Crippen molar-refractivity contribution >= 4 is 0 Å². The lowest BCUT2D eigenvalue weighted by atomic mass is 10.0. The fourth-order valence-corrected chi connectivity index (χ4v) is 2.35. The average Bonchev–Trinajstić information content (AvgIpc) is 2.77. The maximum absolute atomic E-state index is 9.01. The predicted octanol–water partition coefficient (Wildman–Crippen LogP) is 2.42. The first-order valence-electron chi connectivity index (χ1n) is 5.88. The van der Waals surface area contributed by atoms with Crippen LogP contribution in [0.2, 0.25) is 0 Å². The third-order valence-corrected chi connectivity index (χ3v) is 3.28. The Bertz CT molecular complexity index is 369. The van der Waals surface area contributed by atoms with E-state index in [4.69, 9.17) is 5.26 Å². The summed E-state index contributed by atoms with van der Waals surface area (Å²) in [5.41, 5.74) is 1.05. The maximum Gasteiger partial charge on any atom is 0.0672 e. The number of aromatic nitrogens is 1. The van der Waals surface area contributed by atoms with Gasteiger partial charge in [-0.15, -0.1) is 0 Å². The summed E-state index contributed by atoms with van der Waals surface area (Å²) in [5, 5.41) is 12.5. The molecule has 84 valence electrons. The summed E-state index contributed by atoms with van der Waals surface area (Å²) in [6.45, 7) is 2.11. The summed E-state index contributed by atoms with van der Waals surface area (Å²) >= 11 is 0. The Hall–Kier alpha value is -1.40. The molecule has 1 fully saturated rings. The minimum absolute atomic E-state index is 0.172. The van der Waals surface area contributed by atoms with E-state index in [1.54, 1.807) is 0 Å². The van der Waals surface area contributed by atoms with Crippen LogP contribution in [0.3, 0.4) is 0 Å². The summed E-state index contributed by atoms with van der Waals surface area (Å²) in [5.74, 6) is 0.172. The fraction of sp³-hybridized carbons (Fsp3) is 0.538. The van der Waals surface area contributed by atoms with Crippen molar-refractivity contribution in [2.75, 3.05) is 0 Å². The summed E-state index contributed by atoms with van der Waals surface area (Å²) in [6.07, 6.45) is 5.10. The summed E-state index contributed by atoms with van der Waals surface area (Å²) in [7, 11) is 0. The Morgan fingerprint density at radius 3 is 3.06 bits per heavy atom. The molecule has 0 bridgehead atoms. The topological polar surface area (TPSA) is 48.7 Å². The number of nitrogens with zero attached hydrogens (tertiary/aromatic N) is 2. The molecule has 0 radical (unpaired) electrons. The van der Waals surface area contributed by atoms with Gasteiger partial charge in [0.05, 0.1) is 17.7 Å². The molecule has 1 heterocycles. The van der Waals surface area contributed by atoms with Crippen LogP contribution in [0.15, 0.2) is 24.4 Å². The highest BCUT2D eigenvalue weighted by atomic mass is 15.0. The standard InChI is InChI=1S/C13H17N3/c1-10(12-6-2-3-8-15-12)16-13-7-4-5-11(13)9-14/h2-3,6,8,10-11,13,16H,4-5,7H2,1H3. The van der Waals surface area contributed by atoms with Crippen molar-refractivity contribution in [2.45, 2.75) is 38.3 Å². The van der Waals surface area contributed by atoms with Gasteiger partial charge in [-0.05, 0) is 31.9 Å². The van der Waals surface area contributed by atoms with Crippen molar-refractivity contribution < 1.29 is 0 Å². The Morgan fingerprint density at radius 1 is 1.50 bits per heavy atom. The highest BCUT2D eigenvalue weighted by molar-refractivity contribution is 5.09. The molecule has 1 aromatic rings. The maximum atomic E-state index is 9.01. The largest absolute Gasteiger partial charge is 0.305 e. The lowest BCUT2D eigenvalue weighted by Gasteiger charge is -2.21. The van der Waals surface area contributed by atoms with Crippen LogP contribution in [0, 0.1) is 17.2 Å². The quantitative estimate of drug-likeness (QED) is 0.842. The molecule has 3 nitrogen and oxygen atoms in total. The number of nitriles is 1. The molecule has 1 aromatic heterocycles. The third-order valence-electron chi connectivity index (χ3n) is 3.28. The van der Waals surface area contributed by atoms with Crippen LogP contribution in [0.5, 0.6) is 0 Å². The van der Waals surface area contributed by atoms with Crippen molar-refractivity contribution in [1.82, 2.24) is 10.3 Å². The molecular weight excluding hydrogens is 198 g/mol. The van der Waals surface area contributed by atoms with Crippen LogP contribution in [0.1, 0.15) is 37.9 Å². The van der Waals surface area contributed by atoms with Gasteiger partial charge < -0.3 is 5.32 Å². The van der Waals surface area contributed by atoms with E-state index in [9.17, 15) is 0 Å². The van der Waals surface area contributed by atoms with Gasteiger partial charge in [-0.1, -0.05) is 12.5 Å². The Kier molecular flexibility index (Phi) is 3.53. The minimum Gasteiger partial charge on any atom is -0.305 e. The van der Waals surface area contributed by atoms with Crippen LogP contribution in [-0.4, -0.2) is 11.0 Å².